The number of benzene rings is 3. The summed E-state index contributed by atoms with van der Waals surface area (Å²) >= 11 is 0. The Hall–Kier alpha value is -4.46. The summed E-state index contributed by atoms with van der Waals surface area (Å²) in [7, 11) is 3.27. The van der Waals surface area contributed by atoms with Crippen LogP contribution in [-0.2, 0) is 0 Å². The molecule has 2 aliphatic heterocycles. The summed E-state index contributed by atoms with van der Waals surface area (Å²) in [6.45, 7) is 4.67. The van der Waals surface area contributed by atoms with Gasteiger partial charge in [0.05, 0.1) is 26.5 Å². The van der Waals surface area contributed by atoms with E-state index in [-0.39, 0.29) is 12.1 Å². The maximum Gasteiger partial charge on any atom is 0.226 e. The highest BCUT2D eigenvalue weighted by molar-refractivity contribution is 5.85. The molecule has 2 unspecified atom stereocenters. The van der Waals surface area contributed by atoms with E-state index in [0.717, 1.165) is 45.0 Å². The van der Waals surface area contributed by atoms with Gasteiger partial charge in [0.25, 0.3) is 0 Å². The van der Waals surface area contributed by atoms with E-state index in [4.69, 9.17) is 18.9 Å². The van der Waals surface area contributed by atoms with Crippen LogP contribution in [0.4, 0.5) is 5.95 Å². The lowest BCUT2D eigenvalue weighted by atomic mass is 9.84. The van der Waals surface area contributed by atoms with E-state index in [9.17, 15) is 0 Å². The van der Waals surface area contributed by atoms with Gasteiger partial charge in [-0.2, -0.15) is 10.1 Å². The Bertz CT molecular complexity index is 1490. The third-order valence-corrected chi connectivity index (χ3v) is 6.79. The normalized spacial score (nSPS) is 17.6. The molecule has 1 aromatic heterocycles. The first kappa shape index (κ1) is 23.0. The van der Waals surface area contributed by atoms with Gasteiger partial charge in [-0.15, -0.1) is 0 Å². The minimum Gasteiger partial charge on any atom is -0.494 e. The van der Waals surface area contributed by atoms with Gasteiger partial charge in [-0.3, -0.25) is 0 Å². The highest BCUT2D eigenvalue weighted by atomic mass is 16.5. The first-order valence-electron chi connectivity index (χ1n) is 12.2. The standard InChI is InChI=1S/C29H28N4O4/c1-5-36-20-10-7-18(8-11-20)28-25-26(21-14-17(2)6-12-22(21)37-28)32-29-30-16-31-33(29)27(25)19-9-13-23(34-3)24(15-19)35-4/h6-16,27-28H,5H2,1-4H3,(H,30,31,32). The SMILES string of the molecule is CCOc1ccc(C2Oc3ccc(C)cc3C3=C2C(c2ccc(OC)c(OC)c2)n2ncnc2N3)cc1. The van der Waals surface area contributed by atoms with Gasteiger partial charge in [0.2, 0.25) is 5.95 Å². The smallest absolute Gasteiger partial charge is 0.226 e. The fourth-order valence-electron chi connectivity index (χ4n) is 5.11. The van der Waals surface area contributed by atoms with Crippen LogP contribution in [0, 0.1) is 6.92 Å². The van der Waals surface area contributed by atoms with Crippen LogP contribution in [0.2, 0.25) is 0 Å². The predicted molar refractivity (Wildman–Crippen MR) is 140 cm³/mol. The number of rotatable bonds is 6. The van der Waals surface area contributed by atoms with E-state index >= 15 is 0 Å². The number of aromatic nitrogens is 3. The van der Waals surface area contributed by atoms with Gasteiger partial charge in [0.15, 0.2) is 11.5 Å². The van der Waals surface area contributed by atoms with Gasteiger partial charge < -0.3 is 24.3 Å². The Morgan fingerprint density at radius 2 is 1.73 bits per heavy atom. The second kappa shape index (κ2) is 9.20. The van der Waals surface area contributed by atoms with Crippen LogP contribution < -0.4 is 24.3 Å². The molecule has 0 aliphatic carbocycles. The number of hydrogen-bond donors (Lipinski definition) is 1. The highest BCUT2D eigenvalue weighted by Gasteiger charge is 2.41. The summed E-state index contributed by atoms with van der Waals surface area (Å²) in [5.41, 5.74) is 6.14. The molecular formula is C29H28N4O4. The maximum atomic E-state index is 6.73. The van der Waals surface area contributed by atoms with Crippen molar-refractivity contribution >= 4 is 11.6 Å². The van der Waals surface area contributed by atoms with Crippen molar-refractivity contribution in [3.8, 4) is 23.0 Å². The van der Waals surface area contributed by atoms with Crippen molar-refractivity contribution in [3.05, 3.63) is 94.8 Å². The van der Waals surface area contributed by atoms with E-state index in [2.05, 4.69) is 46.6 Å². The Labute approximate surface area is 215 Å². The van der Waals surface area contributed by atoms with Crippen molar-refractivity contribution < 1.29 is 18.9 Å². The van der Waals surface area contributed by atoms with Crippen molar-refractivity contribution in [1.29, 1.82) is 0 Å². The largest absolute Gasteiger partial charge is 0.494 e. The first-order chi connectivity index (χ1) is 18.1. The van der Waals surface area contributed by atoms with Crippen molar-refractivity contribution in [2.45, 2.75) is 26.0 Å². The minimum atomic E-state index is -0.371. The molecule has 0 saturated heterocycles. The topological polar surface area (TPSA) is 79.7 Å². The molecule has 2 atom stereocenters. The fraction of sp³-hybridized carbons (Fsp3) is 0.241. The van der Waals surface area contributed by atoms with Crippen molar-refractivity contribution in [3.63, 3.8) is 0 Å². The van der Waals surface area contributed by atoms with E-state index in [1.54, 1.807) is 20.5 Å². The van der Waals surface area contributed by atoms with Crippen LogP contribution in [0.5, 0.6) is 23.0 Å². The Kier molecular flexibility index (Phi) is 5.71. The second-order valence-electron chi connectivity index (χ2n) is 9.00. The van der Waals surface area contributed by atoms with Gasteiger partial charge in [-0.25, -0.2) is 4.68 Å². The third-order valence-electron chi connectivity index (χ3n) is 6.79. The number of aryl methyl sites for hydroxylation is 1. The molecule has 188 valence electrons. The average Bonchev–Trinajstić information content (AvgIpc) is 3.40. The molecule has 0 amide bonds. The van der Waals surface area contributed by atoms with Gasteiger partial charge >= 0.3 is 0 Å². The molecule has 0 saturated carbocycles. The number of methoxy groups -OCH3 is 2. The zero-order chi connectivity index (χ0) is 25.5. The summed E-state index contributed by atoms with van der Waals surface area (Å²) in [5.74, 6) is 3.61. The monoisotopic (exact) mass is 496 g/mol. The molecule has 2 aliphatic rings. The summed E-state index contributed by atoms with van der Waals surface area (Å²) in [5, 5.41) is 8.16. The van der Waals surface area contributed by atoms with Crippen LogP contribution in [-0.4, -0.2) is 35.6 Å². The van der Waals surface area contributed by atoms with Gasteiger partial charge in [-0.05, 0) is 61.4 Å². The van der Waals surface area contributed by atoms with Gasteiger partial charge in [0.1, 0.15) is 30.0 Å². The molecule has 0 spiro atoms. The number of nitrogens with zero attached hydrogens (tertiary/aromatic N) is 3. The third kappa shape index (κ3) is 3.85. The van der Waals surface area contributed by atoms with E-state index in [1.807, 2.05) is 48.0 Å². The van der Waals surface area contributed by atoms with Crippen LogP contribution in [0.1, 0.15) is 41.3 Å². The highest BCUT2D eigenvalue weighted by Crippen LogP contribution is 2.51. The zero-order valence-electron chi connectivity index (χ0n) is 21.2. The van der Waals surface area contributed by atoms with E-state index in [1.165, 1.54) is 0 Å². The Morgan fingerprint density at radius 3 is 2.49 bits per heavy atom. The molecule has 8 heteroatoms. The lowest BCUT2D eigenvalue weighted by Crippen LogP contribution is -2.32. The first-order valence-corrected chi connectivity index (χ1v) is 12.2. The van der Waals surface area contributed by atoms with E-state index in [0.29, 0.717) is 24.1 Å². The van der Waals surface area contributed by atoms with Crippen LogP contribution in [0.25, 0.3) is 5.70 Å². The van der Waals surface area contributed by atoms with Crippen molar-refractivity contribution in [2.75, 3.05) is 26.1 Å². The zero-order valence-corrected chi connectivity index (χ0v) is 21.2. The lowest BCUT2D eigenvalue weighted by molar-refractivity contribution is 0.222. The summed E-state index contributed by atoms with van der Waals surface area (Å²) < 4.78 is 25.5. The van der Waals surface area contributed by atoms with Gasteiger partial charge in [0, 0.05) is 11.1 Å². The Balaban J connectivity index is 1.58. The molecule has 4 aromatic rings. The number of nitrogens with one attached hydrogen (secondary N) is 1. The molecule has 0 fully saturated rings. The average molecular weight is 497 g/mol. The maximum absolute atomic E-state index is 6.73. The quantitative estimate of drug-likeness (QED) is 0.374. The number of hydrogen-bond acceptors (Lipinski definition) is 7. The Morgan fingerprint density at radius 1 is 0.946 bits per heavy atom. The van der Waals surface area contributed by atoms with Crippen LogP contribution in [0.15, 0.2) is 72.6 Å². The molecular weight excluding hydrogens is 468 g/mol. The minimum absolute atomic E-state index is 0.293. The number of ether oxygens (including phenoxy) is 4. The molecule has 1 N–H and O–H groups in total. The molecule has 0 radical (unpaired) electrons. The molecule has 37 heavy (non-hydrogen) atoms. The summed E-state index contributed by atoms with van der Waals surface area (Å²) in [6, 6.07) is 20.0. The van der Waals surface area contributed by atoms with Gasteiger partial charge in [-0.1, -0.05) is 29.8 Å². The van der Waals surface area contributed by atoms with E-state index < -0.39 is 0 Å². The second-order valence-corrected chi connectivity index (χ2v) is 9.00. The van der Waals surface area contributed by atoms with Crippen LogP contribution in [0.3, 0.4) is 0 Å². The number of anilines is 1. The number of fused-ring (bicyclic) bond motifs is 3. The summed E-state index contributed by atoms with van der Waals surface area (Å²) in [6.07, 6.45) is 1.20. The molecule has 8 nitrogen and oxygen atoms in total. The molecule has 6 rings (SSSR count). The fourth-order valence-corrected chi connectivity index (χ4v) is 5.11. The molecule has 3 aromatic carbocycles. The van der Waals surface area contributed by atoms with Crippen molar-refractivity contribution in [2.24, 2.45) is 0 Å². The predicted octanol–water partition coefficient (Wildman–Crippen LogP) is 5.56. The molecule has 0 bridgehead atoms. The summed E-state index contributed by atoms with van der Waals surface area (Å²) in [4.78, 5) is 4.52. The van der Waals surface area contributed by atoms with Crippen LogP contribution >= 0.6 is 0 Å². The lowest BCUT2D eigenvalue weighted by Gasteiger charge is -2.39. The van der Waals surface area contributed by atoms with Crippen molar-refractivity contribution in [1.82, 2.24) is 14.8 Å². The molecule has 3 heterocycles.